The second-order valence-electron chi connectivity index (χ2n) is 8.79. The zero-order chi connectivity index (χ0) is 29.1. The third-order valence-corrected chi connectivity index (χ3v) is 8.06. The van der Waals surface area contributed by atoms with E-state index in [2.05, 4.69) is 27.0 Å². The number of anilines is 2. The maximum atomic E-state index is 13.5. The Kier molecular flexibility index (Phi) is 7.87. The number of nitrogens with zero attached hydrogens (tertiary/aromatic N) is 2. The number of hydrogen-bond donors (Lipinski definition) is 3. The molecule has 3 N–H and O–H groups in total. The SMILES string of the molecule is CC1=C(C(=O)Nc2nc3ccccc3s2)[C@@H](c2ccco2)C(C#N)=C(SCC(=O)Nc2ccccc2C(F)(F)F)N1. The van der Waals surface area contributed by atoms with Gasteiger partial charge in [-0.25, -0.2) is 4.98 Å². The van der Waals surface area contributed by atoms with E-state index in [4.69, 9.17) is 4.42 Å². The number of benzene rings is 2. The third-order valence-electron chi connectivity index (χ3n) is 6.09. The summed E-state index contributed by atoms with van der Waals surface area (Å²) in [6, 6.07) is 17.5. The van der Waals surface area contributed by atoms with Crippen molar-refractivity contribution in [3.05, 3.63) is 100 Å². The topological polar surface area (TPSA) is 120 Å². The molecule has 208 valence electrons. The van der Waals surface area contributed by atoms with Gasteiger partial charge in [0, 0.05) is 5.70 Å². The number of hydrogen-bond acceptors (Lipinski definition) is 8. The molecule has 8 nitrogen and oxygen atoms in total. The largest absolute Gasteiger partial charge is 0.468 e. The van der Waals surface area contributed by atoms with E-state index in [9.17, 15) is 28.0 Å². The molecule has 1 atom stereocenters. The molecule has 0 saturated heterocycles. The number of carbonyl (C=O) groups is 2. The first-order valence-electron chi connectivity index (χ1n) is 12.1. The first-order valence-corrected chi connectivity index (χ1v) is 13.9. The number of alkyl halides is 3. The molecule has 13 heteroatoms. The van der Waals surface area contributed by atoms with Gasteiger partial charge in [0.15, 0.2) is 5.13 Å². The maximum absolute atomic E-state index is 13.5. The van der Waals surface area contributed by atoms with Crippen LogP contribution in [0.5, 0.6) is 0 Å². The number of allylic oxidation sites excluding steroid dienone is 2. The summed E-state index contributed by atoms with van der Waals surface area (Å²) >= 11 is 2.24. The second kappa shape index (κ2) is 11.5. The lowest BCUT2D eigenvalue weighted by atomic mass is 9.85. The van der Waals surface area contributed by atoms with Gasteiger partial charge in [-0.1, -0.05) is 47.4 Å². The van der Waals surface area contributed by atoms with Crippen molar-refractivity contribution >= 4 is 55.9 Å². The number of para-hydroxylation sites is 2. The third kappa shape index (κ3) is 5.98. The Bertz CT molecular complexity index is 1700. The number of halogens is 3. The molecule has 2 aromatic heterocycles. The van der Waals surface area contributed by atoms with Gasteiger partial charge >= 0.3 is 6.18 Å². The van der Waals surface area contributed by atoms with Crippen LogP contribution >= 0.6 is 23.1 Å². The van der Waals surface area contributed by atoms with E-state index < -0.39 is 29.5 Å². The number of aromatic nitrogens is 1. The maximum Gasteiger partial charge on any atom is 0.418 e. The Labute approximate surface area is 239 Å². The molecule has 0 radical (unpaired) electrons. The van der Waals surface area contributed by atoms with Gasteiger partial charge in [-0.2, -0.15) is 18.4 Å². The molecule has 5 rings (SSSR count). The summed E-state index contributed by atoms with van der Waals surface area (Å²) in [6.45, 7) is 1.65. The van der Waals surface area contributed by atoms with Gasteiger partial charge in [-0.15, -0.1) is 0 Å². The molecule has 1 aliphatic heterocycles. The van der Waals surface area contributed by atoms with Crippen LogP contribution in [0.25, 0.3) is 10.2 Å². The first kappa shape index (κ1) is 28.0. The molecule has 4 aromatic rings. The van der Waals surface area contributed by atoms with Crippen LogP contribution in [0.1, 0.15) is 24.2 Å². The minimum Gasteiger partial charge on any atom is -0.468 e. The summed E-state index contributed by atoms with van der Waals surface area (Å²) < 4.78 is 46.5. The normalized spacial score (nSPS) is 15.4. The molecule has 0 aliphatic carbocycles. The van der Waals surface area contributed by atoms with Crippen LogP contribution in [0.3, 0.4) is 0 Å². The lowest BCUT2D eigenvalue weighted by Crippen LogP contribution is -2.31. The summed E-state index contributed by atoms with van der Waals surface area (Å²) in [5.41, 5.74) is 0.156. The Balaban J connectivity index is 1.38. The lowest BCUT2D eigenvalue weighted by molar-refractivity contribution is -0.137. The molecule has 3 heterocycles. The van der Waals surface area contributed by atoms with Crippen molar-refractivity contribution in [3.63, 3.8) is 0 Å². The first-order chi connectivity index (χ1) is 19.7. The number of carbonyl (C=O) groups excluding carboxylic acids is 2. The van der Waals surface area contributed by atoms with Crippen LogP contribution in [0.15, 0.2) is 93.2 Å². The Morgan fingerprint density at radius 1 is 1.12 bits per heavy atom. The van der Waals surface area contributed by atoms with Crippen LogP contribution in [0, 0.1) is 11.3 Å². The van der Waals surface area contributed by atoms with Crippen molar-refractivity contribution in [2.24, 2.45) is 0 Å². The van der Waals surface area contributed by atoms with Gasteiger partial charge in [0.05, 0.1) is 61.6 Å². The summed E-state index contributed by atoms with van der Waals surface area (Å²) in [4.78, 5) is 30.6. The van der Waals surface area contributed by atoms with Gasteiger partial charge in [0.2, 0.25) is 5.91 Å². The monoisotopic (exact) mass is 595 g/mol. The second-order valence-corrected chi connectivity index (χ2v) is 10.8. The van der Waals surface area contributed by atoms with Gasteiger partial charge in [-0.05, 0) is 43.3 Å². The highest BCUT2D eigenvalue weighted by Gasteiger charge is 2.37. The van der Waals surface area contributed by atoms with Gasteiger partial charge < -0.3 is 15.1 Å². The molecule has 0 fully saturated rings. The van der Waals surface area contributed by atoms with E-state index in [0.29, 0.717) is 16.6 Å². The van der Waals surface area contributed by atoms with Gasteiger partial charge in [-0.3, -0.25) is 14.9 Å². The number of furan rings is 1. The van der Waals surface area contributed by atoms with E-state index in [1.807, 2.05) is 24.3 Å². The lowest BCUT2D eigenvalue weighted by Gasteiger charge is -2.28. The highest BCUT2D eigenvalue weighted by Crippen LogP contribution is 2.41. The molecular formula is C28H20F3N5O3S2. The quantitative estimate of drug-likeness (QED) is 0.220. The molecule has 0 bridgehead atoms. The highest BCUT2D eigenvalue weighted by atomic mass is 32.2. The molecule has 0 saturated carbocycles. The molecule has 0 unspecified atom stereocenters. The van der Waals surface area contributed by atoms with Crippen LogP contribution in [-0.2, 0) is 15.8 Å². The fourth-order valence-corrected chi connectivity index (χ4v) is 6.07. The standard InChI is InChI=1S/C28H20F3N5O3S2/c1-15-23(25(38)36-27-35-19-9-4-5-11-21(19)41-27)24(20-10-6-12-39-20)16(13-32)26(33-15)40-14-22(37)34-18-8-3-2-7-17(18)28(29,30)31/h2-12,24,33H,14H2,1H3,(H,34,37)(H,35,36,38)/t24-/m1/s1. The summed E-state index contributed by atoms with van der Waals surface area (Å²) in [6.07, 6.45) is -3.22. The average molecular weight is 596 g/mol. The zero-order valence-corrected chi connectivity index (χ0v) is 22.8. The van der Waals surface area contributed by atoms with E-state index in [0.717, 1.165) is 28.0 Å². The number of thiazole rings is 1. The molecule has 41 heavy (non-hydrogen) atoms. The molecule has 2 amide bonds. The van der Waals surface area contributed by atoms with Gasteiger partial charge in [0.25, 0.3) is 5.91 Å². The number of fused-ring (bicyclic) bond motifs is 1. The summed E-state index contributed by atoms with van der Waals surface area (Å²) in [5.74, 6) is -2.06. The predicted molar refractivity (Wildman–Crippen MR) is 151 cm³/mol. The van der Waals surface area contributed by atoms with E-state index in [1.54, 1.807) is 19.1 Å². The van der Waals surface area contributed by atoms with E-state index >= 15 is 0 Å². The van der Waals surface area contributed by atoms with Gasteiger partial charge in [0.1, 0.15) is 5.76 Å². The van der Waals surface area contributed by atoms with Crippen molar-refractivity contribution in [1.82, 2.24) is 10.3 Å². The number of rotatable bonds is 7. The average Bonchev–Trinajstić information content (AvgIpc) is 3.61. The Morgan fingerprint density at radius 3 is 2.59 bits per heavy atom. The fourth-order valence-electron chi connectivity index (χ4n) is 4.32. The number of dihydropyridines is 1. The number of nitriles is 1. The number of nitrogens with one attached hydrogen (secondary N) is 3. The molecular weight excluding hydrogens is 575 g/mol. The minimum atomic E-state index is -4.64. The summed E-state index contributed by atoms with van der Waals surface area (Å²) in [7, 11) is 0. The Morgan fingerprint density at radius 2 is 1.88 bits per heavy atom. The smallest absolute Gasteiger partial charge is 0.418 e. The zero-order valence-electron chi connectivity index (χ0n) is 21.2. The van der Waals surface area contributed by atoms with E-state index in [1.165, 1.54) is 35.8 Å². The van der Waals surface area contributed by atoms with Crippen molar-refractivity contribution < 1.29 is 27.2 Å². The van der Waals surface area contributed by atoms with E-state index in [-0.39, 0.29) is 27.6 Å². The molecule has 1 aliphatic rings. The number of thioether (sulfide) groups is 1. The fraction of sp³-hybridized carbons (Fsp3) is 0.143. The van der Waals surface area contributed by atoms with Crippen LogP contribution in [-0.4, -0.2) is 22.6 Å². The minimum absolute atomic E-state index is 0.119. The predicted octanol–water partition coefficient (Wildman–Crippen LogP) is 6.61. The van der Waals surface area contributed by atoms with Crippen LogP contribution in [0.4, 0.5) is 24.0 Å². The van der Waals surface area contributed by atoms with Crippen LogP contribution < -0.4 is 16.0 Å². The molecule has 2 aromatic carbocycles. The van der Waals surface area contributed by atoms with Crippen molar-refractivity contribution in [3.8, 4) is 6.07 Å². The van der Waals surface area contributed by atoms with Crippen molar-refractivity contribution in [2.75, 3.05) is 16.4 Å². The van der Waals surface area contributed by atoms with Crippen LogP contribution in [0.2, 0.25) is 0 Å². The highest BCUT2D eigenvalue weighted by molar-refractivity contribution is 8.03. The summed E-state index contributed by atoms with van der Waals surface area (Å²) in [5, 5.41) is 18.9. The van der Waals surface area contributed by atoms with Crippen molar-refractivity contribution in [1.29, 1.82) is 5.26 Å². The van der Waals surface area contributed by atoms with Crippen molar-refractivity contribution in [2.45, 2.75) is 19.0 Å². The molecule has 0 spiro atoms. The number of amides is 2. The Hall–Kier alpha value is -4.54.